The van der Waals surface area contributed by atoms with Gasteiger partial charge in [-0.1, -0.05) is 24.3 Å². The third-order valence-corrected chi connectivity index (χ3v) is 2.71. The van der Waals surface area contributed by atoms with Gasteiger partial charge in [-0.2, -0.15) is 0 Å². The highest BCUT2D eigenvalue weighted by Crippen LogP contribution is 2.32. The number of carbonyl (C=O) groups excluding carboxylic acids is 1. The highest BCUT2D eigenvalue weighted by molar-refractivity contribution is 9.10. The van der Waals surface area contributed by atoms with Gasteiger partial charge in [-0.3, -0.25) is 4.79 Å². The second-order valence-electron chi connectivity index (χ2n) is 3.19. The number of benzene rings is 2. The molecular weight excluding hydrogens is 268 g/mol. The van der Waals surface area contributed by atoms with E-state index in [1.54, 1.807) is 12.1 Å². The van der Waals surface area contributed by atoms with Crippen LogP contribution in [-0.4, -0.2) is 6.29 Å². The molecule has 0 aromatic heterocycles. The molecule has 0 saturated carbocycles. The fourth-order valence-electron chi connectivity index (χ4n) is 1.33. The first-order valence-electron chi connectivity index (χ1n) is 4.78. The standard InChI is InChI=1S/C13H9BrO2/c14-12-8-4-5-10(9-15)13(12)16-11-6-2-1-3-7-11/h1-9H. The molecule has 0 amide bonds. The van der Waals surface area contributed by atoms with Crippen molar-refractivity contribution in [3.8, 4) is 11.5 Å². The molecule has 0 spiro atoms. The smallest absolute Gasteiger partial charge is 0.153 e. The summed E-state index contributed by atoms with van der Waals surface area (Å²) >= 11 is 3.36. The summed E-state index contributed by atoms with van der Waals surface area (Å²) in [5.74, 6) is 1.25. The fraction of sp³-hybridized carbons (Fsp3) is 0. The van der Waals surface area contributed by atoms with Gasteiger partial charge in [0.15, 0.2) is 12.0 Å². The summed E-state index contributed by atoms with van der Waals surface area (Å²) in [5, 5.41) is 0. The van der Waals surface area contributed by atoms with Gasteiger partial charge in [-0.15, -0.1) is 0 Å². The molecule has 2 aromatic rings. The van der Waals surface area contributed by atoms with Crippen molar-refractivity contribution >= 4 is 22.2 Å². The van der Waals surface area contributed by atoms with Crippen molar-refractivity contribution in [1.29, 1.82) is 0 Å². The number of rotatable bonds is 3. The Bertz CT molecular complexity index is 495. The first-order valence-corrected chi connectivity index (χ1v) is 5.57. The van der Waals surface area contributed by atoms with Crippen LogP contribution >= 0.6 is 15.9 Å². The largest absolute Gasteiger partial charge is 0.455 e. The van der Waals surface area contributed by atoms with Crippen LogP contribution in [0.3, 0.4) is 0 Å². The molecule has 0 unspecified atom stereocenters. The van der Waals surface area contributed by atoms with E-state index in [9.17, 15) is 4.79 Å². The summed E-state index contributed by atoms with van der Waals surface area (Å²) in [5.41, 5.74) is 0.526. The molecule has 0 atom stereocenters. The second kappa shape index (κ2) is 4.94. The minimum atomic E-state index is 0.526. The summed E-state index contributed by atoms with van der Waals surface area (Å²) in [6, 6.07) is 14.7. The molecule has 0 bridgehead atoms. The van der Waals surface area contributed by atoms with Gasteiger partial charge in [0.25, 0.3) is 0 Å². The molecular formula is C13H9BrO2. The van der Waals surface area contributed by atoms with Crippen LogP contribution in [0.5, 0.6) is 11.5 Å². The molecule has 0 N–H and O–H groups in total. The number of hydrogen-bond donors (Lipinski definition) is 0. The monoisotopic (exact) mass is 276 g/mol. The summed E-state index contributed by atoms with van der Waals surface area (Å²) < 4.78 is 6.42. The van der Waals surface area contributed by atoms with Crippen LogP contribution < -0.4 is 4.74 Å². The maximum atomic E-state index is 10.9. The van der Waals surface area contributed by atoms with Crippen molar-refractivity contribution in [2.45, 2.75) is 0 Å². The van der Waals surface area contributed by atoms with Crippen molar-refractivity contribution in [3.05, 3.63) is 58.6 Å². The molecule has 80 valence electrons. The van der Waals surface area contributed by atoms with E-state index in [0.29, 0.717) is 17.1 Å². The number of hydrogen-bond acceptors (Lipinski definition) is 2. The number of aldehydes is 1. The molecule has 0 aliphatic carbocycles. The van der Waals surface area contributed by atoms with Crippen molar-refractivity contribution in [2.75, 3.05) is 0 Å². The summed E-state index contributed by atoms with van der Waals surface area (Å²) in [7, 11) is 0. The maximum Gasteiger partial charge on any atom is 0.153 e. The van der Waals surface area contributed by atoms with Crippen LogP contribution in [0.15, 0.2) is 53.0 Å². The highest BCUT2D eigenvalue weighted by Gasteiger charge is 2.07. The Morgan fingerprint density at radius 3 is 2.44 bits per heavy atom. The Balaban J connectivity index is 2.38. The summed E-state index contributed by atoms with van der Waals surface area (Å²) in [6.07, 6.45) is 0.781. The zero-order valence-electron chi connectivity index (χ0n) is 8.39. The predicted molar refractivity (Wildman–Crippen MR) is 66.0 cm³/mol. The molecule has 2 aromatic carbocycles. The van der Waals surface area contributed by atoms with E-state index >= 15 is 0 Å². The average Bonchev–Trinajstić information content (AvgIpc) is 2.33. The molecule has 0 radical (unpaired) electrons. The molecule has 2 nitrogen and oxygen atoms in total. The quantitative estimate of drug-likeness (QED) is 0.791. The predicted octanol–water partition coefficient (Wildman–Crippen LogP) is 4.05. The number of para-hydroxylation sites is 2. The molecule has 0 saturated heterocycles. The number of halogens is 1. The van der Waals surface area contributed by atoms with Crippen LogP contribution in [0, 0.1) is 0 Å². The van der Waals surface area contributed by atoms with E-state index in [1.165, 1.54) is 0 Å². The van der Waals surface area contributed by atoms with Crippen LogP contribution in [0.1, 0.15) is 10.4 Å². The molecule has 3 heteroatoms. The average molecular weight is 277 g/mol. The minimum absolute atomic E-state index is 0.526. The van der Waals surface area contributed by atoms with Gasteiger partial charge in [0.2, 0.25) is 0 Å². The van der Waals surface area contributed by atoms with Gasteiger partial charge in [0, 0.05) is 0 Å². The van der Waals surface area contributed by atoms with Crippen molar-refractivity contribution in [3.63, 3.8) is 0 Å². The van der Waals surface area contributed by atoms with Gasteiger partial charge in [-0.05, 0) is 40.2 Å². The molecule has 2 rings (SSSR count). The van der Waals surface area contributed by atoms with E-state index in [-0.39, 0.29) is 0 Å². The Morgan fingerprint density at radius 1 is 1.00 bits per heavy atom. The Labute approximate surface area is 102 Å². The van der Waals surface area contributed by atoms with E-state index in [1.807, 2.05) is 36.4 Å². The van der Waals surface area contributed by atoms with Gasteiger partial charge in [0.1, 0.15) is 5.75 Å². The van der Waals surface area contributed by atoms with Gasteiger partial charge in [-0.25, -0.2) is 0 Å². The van der Waals surface area contributed by atoms with Gasteiger partial charge < -0.3 is 4.74 Å². The number of carbonyl (C=O) groups is 1. The van der Waals surface area contributed by atoms with E-state index in [0.717, 1.165) is 10.8 Å². The lowest BCUT2D eigenvalue weighted by Crippen LogP contribution is -1.91. The Kier molecular flexibility index (Phi) is 3.37. The SMILES string of the molecule is O=Cc1cccc(Br)c1Oc1ccccc1. The molecule has 0 heterocycles. The summed E-state index contributed by atoms with van der Waals surface area (Å²) in [4.78, 5) is 10.9. The third-order valence-electron chi connectivity index (χ3n) is 2.09. The van der Waals surface area contributed by atoms with E-state index in [4.69, 9.17) is 4.74 Å². The fourth-order valence-corrected chi connectivity index (χ4v) is 1.79. The molecule has 0 fully saturated rings. The molecule has 0 aliphatic heterocycles. The van der Waals surface area contributed by atoms with Crippen LogP contribution in [0.4, 0.5) is 0 Å². The van der Waals surface area contributed by atoms with Crippen LogP contribution in [0.2, 0.25) is 0 Å². The van der Waals surface area contributed by atoms with E-state index in [2.05, 4.69) is 15.9 Å². The first kappa shape index (κ1) is 10.9. The first-order chi connectivity index (χ1) is 7.81. The maximum absolute atomic E-state index is 10.9. The van der Waals surface area contributed by atoms with Gasteiger partial charge >= 0.3 is 0 Å². The number of ether oxygens (including phenoxy) is 1. The van der Waals surface area contributed by atoms with Crippen molar-refractivity contribution in [2.24, 2.45) is 0 Å². The Hall–Kier alpha value is -1.61. The van der Waals surface area contributed by atoms with E-state index < -0.39 is 0 Å². The molecule has 16 heavy (non-hydrogen) atoms. The third kappa shape index (κ3) is 2.31. The van der Waals surface area contributed by atoms with Crippen LogP contribution in [-0.2, 0) is 0 Å². The highest BCUT2D eigenvalue weighted by atomic mass is 79.9. The second-order valence-corrected chi connectivity index (χ2v) is 4.05. The van der Waals surface area contributed by atoms with Gasteiger partial charge in [0.05, 0.1) is 10.0 Å². The lowest BCUT2D eigenvalue weighted by Gasteiger charge is -2.09. The van der Waals surface area contributed by atoms with Crippen LogP contribution in [0.25, 0.3) is 0 Å². The molecule has 0 aliphatic rings. The zero-order chi connectivity index (χ0) is 11.4. The lowest BCUT2D eigenvalue weighted by atomic mass is 10.2. The minimum Gasteiger partial charge on any atom is -0.455 e. The Morgan fingerprint density at radius 2 is 1.75 bits per heavy atom. The topological polar surface area (TPSA) is 26.3 Å². The zero-order valence-corrected chi connectivity index (χ0v) is 9.98. The summed E-state index contributed by atoms with van der Waals surface area (Å²) in [6.45, 7) is 0. The normalized spacial score (nSPS) is 9.81. The lowest BCUT2D eigenvalue weighted by molar-refractivity contribution is 0.112. The van der Waals surface area contributed by atoms with Crippen molar-refractivity contribution in [1.82, 2.24) is 0 Å². The van der Waals surface area contributed by atoms with Crippen molar-refractivity contribution < 1.29 is 9.53 Å².